The predicted molar refractivity (Wildman–Crippen MR) is 76.4 cm³/mol. The molecule has 0 heterocycles. The van der Waals surface area contributed by atoms with Crippen molar-refractivity contribution in [3.63, 3.8) is 0 Å². The van der Waals surface area contributed by atoms with E-state index in [0.29, 0.717) is 17.8 Å². The molecule has 1 nitrogen and oxygen atoms in total. The lowest BCUT2D eigenvalue weighted by Gasteiger charge is -2.45. The highest BCUT2D eigenvalue weighted by Gasteiger charge is 2.44. The SMILES string of the molecule is Cc1ccccc1[C@]1(O)C[C@@H](C)CC[C@H]1C(C)C. The van der Waals surface area contributed by atoms with Crippen LogP contribution in [0.15, 0.2) is 24.3 Å². The zero-order chi connectivity index (χ0) is 13.3. The Balaban J connectivity index is 2.44. The van der Waals surface area contributed by atoms with E-state index in [1.807, 2.05) is 0 Å². The zero-order valence-electron chi connectivity index (χ0n) is 12.1. The Kier molecular flexibility index (Phi) is 3.82. The van der Waals surface area contributed by atoms with Gasteiger partial charge >= 0.3 is 0 Å². The van der Waals surface area contributed by atoms with E-state index < -0.39 is 5.60 Å². The fraction of sp³-hybridized carbons (Fsp3) is 0.647. The summed E-state index contributed by atoms with van der Waals surface area (Å²) >= 11 is 0. The summed E-state index contributed by atoms with van der Waals surface area (Å²) in [5, 5.41) is 11.3. The summed E-state index contributed by atoms with van der Waals surface area (Å²) in [4.78, 5) is 0. The molecular weight excluding hydrogens is 220 g/mol. The van der Waals surface area contributed by atoms with Gasteiger partial charge in [-0.25, -0.2) is 0 Å². The van der Waals surface area contributed by atoms with E-state index in [1.165, 1.54) is 12.0 Å². The van der Waals surface area contributed by atoms with Crippen molar-refractivity contribution < 1.29 is 5.11 Å². The fourth-order valence-electron chi connectivity index (χ4n) is 3.74. The monoisotopic (exact) mass is 246 g/mol. The van der Waals surface area contributed by atoms with Gasteiger partial charge in [0, 0.05) is 0 Å². The molecule has 1 N–H and O–H groups in total. The molecular formula is C17H26O. The van der Waals surface area contributed by atoms with Crippen molar-refractivity contribution in [2.75, 3.05) is 0 Å². The number of hydrogen-bond acceptors (Lipinski definition) is 1. The molecule has 0 bridgehead atoms. The topological polar surface area (TPSA) is 20.2 Å². The fourth-order valence-corrected chi connectivity index (χ4v) is 3.74. The third-order valence-corrected chi connectivity index (χ3v) is 4.66. The van der Waals surface area contributed by atoms with E-state index in [-0.39, 0.29) is 0 Å². The Morgan fingerprint density at radius 3 is 2.50 bits per heavy atom. The van der Waals surface area contributed by atoms with Crippen LogP contribution in [-0.4, -0.2) is 5.11 Å². The van der Waals surface area contributed by atoms with E-state index in [9.17, 15) is 5.11 Å². The molecule has 0 spiro atoms. The van der Waals surface area contributed by atoms with Crippen LogP contribution in [0.3, 0.4) is 0 Å². The molecule has 1 aliphatic rings. The molecule has 0 aliphatic heterocycles. The van der Waals surface area contributed by atoms with Crippen LogP contribution in [0.25, 0.3) is 0 Å². The predicted octanol–water partition coefficient (Wildman–Crippen LogP) is 4.27. The molecule has 18 heavy (non-hydrogen) atoms. The molecule has 1 aromatic carbocycles. The lowest BCUT2D eigenvalue weighted by Crippen LogP contribution is -2.43. The van der Waals surface area contributed by atoms with Gasteiger partial charge in [0.15, 0.2) is 0 Å². The molecule has 1 fully saturated rings. The maximum absolute atomic E-state index is 11.3. The second-order valence-corrected chi connectivity index (χ2v) is 6.48. The van der Waals surface area contributed by atoms with Gasteiger partial charge in [0.2, 0.25) is 0 Å². The van der Waals surface area contributed by atoms with Crippen molar-refractivity contribution in [2.45, 2.75) is 52.6 Å². The van der Waals surface area contributed by atoms with E-state index >= 15 is 0 Å². The highest BCUT2D eigenvalue weighted by Crippen LogP contribution is 2.47. The Hall–Kier alpha value is -0.820. The summed E-state index contributed by atoms with van der Waals surface area (Å²) in [5.41, 5.74) is 1.74. The molecule has 1 heteroatoms. The molecule has 0 saturated heterocycles. The first-order valence-corrected chi connectivity index (χ1v) is 7.23. The van der Waals surface area contributed by atoms with Crippen LogP contribution < -0.4 is 0 Å². The summed E-state index contributed by atoms with van der Waals surface area (Å²) in [6.07, 6.45) is 3.29. The Morgan fingerprint density at radius 2 is 1.89 bits per heavy atom. The van der Waals surface area contributed by atoms with Crippen molar-refractivity contribution in [1.29, 1.82) is 0 Å². The van der Waals surface area contributed by atoms with Crippen LogP contribution in [-0.2, 0) is 5.60 Å². The van der Waals surface area contributed by atoms with Crippen LogP contribution in [0.5, 0.6) is 0 Å². The quantitative estimate of drug-likeness (QED) is 0.826. The highest BCUT2D eigenvalue weighted by atomic mass is 16.3. The van der Waals surface area contributed by atoms with Crippen molar-refractivity contribution in [3.8, 4) is 0 Å². The molecule has 100 valence electrons. The second kappa shape index (κ2) is 5.05. The number of aryl methyl sites for hydroxylation is 1. The maximum Gasteiger partial charge on any atom is 0.0932 e. The van der Waals surface area contributed by atoms with Crippen molar-refractivity contribution in [2.24, 2.45) is 17.8 Å². The van der Waals surface area contributed by atoms with Gasteiger partial charge in [-0.1, -0.05) is 51.5 Å². The van der Waals surface area contributed by atoms with Crippen LogP contribution in [0.2, 0.25) is 0 Å². The average Bonchev–Trinajstić information content (AvgIpc) is 2.28. The van der Waals surface area contributed by atoms with Crippen molar-refractivity contribution in [3.05, 3.63) is 35.4 Å². The van der Waals surface area contributed by atoms with Crippen molar-refractivity contribution >= 4 is 0 Å². The molecule has 0 radical (unpaired) electrons. The lowest BCUT2D eigenvalue weighted by atomic mass is 9.64. The van der Waals surface area contributed by atoms with Crippen LogP contribution in [0.4, 0.5) is 0 Å². The minimum atomic E-state index is -0.628. The van der Waals surface area contributed by atoms with Gasteiger partial charge in [0.05, 0.1) is 5.60 Å². The number of hydrogen-bond donors (Lipinski definition) is 1. The first-order valence-electron chi connectivity index (χ1n) is 7.23. The maximum atomic E-state index is 11.3. The summed E-state index contributed by atoms with van der Waals surface area (Å²) in [6, 6.07) is 8.34. The summed E-state index contributed by atoms with van der Waals surface area (Å²) in [7, 11) is 0. The van der Waals surface area contributed by atoms with Gasteiger partial charge in [0.25, 0.3) is 0 Å². The van der Waals surface area contributed by atoms with Crippen LogP contribution in [0.1, 0.15) is 51.2 Å². The highest BCUT2D eigenvalue weighted by molar-refractivity contribution is 5.32. The van der Waals surface area contributed by atoms with Crippen LogP contribution >= 0.6 is 0 Å². The summed E-state index contributed by atoms with van der Waals surface area (Å²) < 4.78 is 0. The molecule has 0 aromatic heterocycles. The van der Waals surface area contributed by atoms with Gasteiger partial charge in [-0.2, -0.15) is 0 Å². The lowest BCUT2D eigenvalue weighted by molar-refractivity contribution is -0.0869. The van der Waals surface area contributed by atoms with Crippen molar-refractivity contribution in [1.82, 2.24) is 0 Å². The molecule has 2 rings (SSSR count). The number of rotatable bonds is 2. The zero-order valence-corrected chi connectivity index (χ0v) is 12.1. The minimum absolute atomic E-state index is 0.384. The Bertz CT molecular complexity index is 410. The van der Waals surface area contributed by atoms with E-state index in [4.69, 9.17) is 0 Å². The summed E-state index contributed by atoms with van der Waals surface area (Å²) in [6.45, 7) is 8.86. The normalized spacial score (nSPS) is 32.8. The second-order valence-electron chi connectivity index (χ2n) is 6.48. The first kappa shape index (κ1) is 13.6. The number of aliphatic hydroxyl groups is 1. The Labute approximate surface area is 111 Å². The molecule has 3 atom stereocenters. The van der Waals surface area contributed by atoms with Gasteiger partial charge in [0.1, 0.15) is 0 Å². The van der Waals surface area contributed by atoms with E-state index in [1.54, 1.807) is 0 Å². The standard InChI is InChI=1S/C17H26O/c1-12(2)15-10-9-13(3)11-17(15,18)16-8-6-5-7-14(16)4/h5-8,12-13,15,18H,9-11H2,1-4H3/t13-,15-,17-/m0/s1. The average molecular weight is 246 g/mol. The smallest absolute Gasteiger partial charge is 0.0932 e. The van der Waals surface area contributed by atoms with Gasteiger partial charge < -0.3 is 5.11 Å². The first-order chi connectivity index (χ1) is 8.45. The minimum Gasteiger partial charge on any atom is -0.385 e. The van der Waals surface area contributed by atoms with Gasteiger partial charge in [-0.15, -0.1) is 0 Å². The molecule has 1 saturated carbocycles. The van der Waals surface area contributed by atoms with E-state index in [0.717, 1.165) is 18.4 Å². The van der Waals surface area contributed by atoms with E-state index in [2.05, 4.69) is 52.0 Å². The van der Waals surface area contributed by atoms with Gasteiger partial charge in [-0.05, 0) is 48.6 Å². The molecule has 0 amide bonds. The largest absolute Gasteiger partial charge is 0.385 e. The molecule has 1 aromatic rings. The molecule has 1 aliphatic carbocycles. The third-order valence-electron chi connectivity index (χ3n) is 4.66. The third kappa shape index (κ3) is 2.33. The number of benzene rings is 1. The molecule has 0 unspecified atom stereocenters. The van der Waals surface area contributed by atoms with Crippen LogP contribution in [0, 0.1) is 24.7 Å². The van der Waals surface area contributed by atoms with Gasteiger partial charge in [-0.3, -0.25) is 0 Å². The summed E-state index contributed by atoms with van der Waals surface area (Å²) in [5.74, 6) is 1.53. The Morgan fingerprint density at radius 1 is 1.22 bits per heavy atom.